The minimum absolute atomic E-state index is 0.0463. The van der Waals surface area contributed by atoms with Gasteiger partial charge in [0, 0.05) is 24.2 Å². The molecule has 126 valence electrons. The number of fused-ring (bicyclic) bond motifs is 1. The third-order valence-corrected chi connectivity index (χ3v) is 3.85. The minimum Gasteiger partial charge on any atom is -0.483 e. The number of aromatic amines is 1. The van der Waals surface area contributed by atoms with Crippen molar-refractivity contribution in [3.63, 3.8) is 0 Å². The van der Waals surface area contributed by atoms with Gasteiger partial charge in [0.25, 0.3) is 5.91 Å². The zero-order chi connectivity index (χ0) is 16.9. The molecule has 1 amide bonds. The first kappa shape index (κ1) is 16.1. The quantitative estimate of drug-likeness (QED) is 0.699. The van der Waals surface area contributed by atoms with Crippen LogP contribution in [0.15, 0.2) is 42.7 Å². The predicted molar refractivity (Wildman–Crippen MR) is 94.1 cm³/mol. The van der Waals surface area contributed by atoms with Crippen LogP contribution in [0, 0.1) is 5.92 Å². The number of nitrogens with zero attached hydrogens (tertiary/aromatic N) is 2. The smallest absolute Gasteiger partial charge is 0.263 e. The fraction of sp³-hybridized carbons (Fsp3) is 0.333. The lowest BCUT2D eigenvalue weighted by Crippen LogP contribution is -2.20. The van der Waals surface area contributed by atoms with Crippen molar-refractivity contribution in [3.05, 3.63) is 42.7 Å². The van der Waals surface area contributed by atoms with Crippen LogP contribution in [0.25, 0.3) is 10.9 Å². The van der Waals surface area contributed by atoms with E-state index in [1.807, 2.05) is 18.2 Å². The number of hydrogen-bond acceptors (Lipinski definition) is 3. The van der Waals surface area contributed by atoms with Gasteiger partial charge in [-0.15, -0.1) is 0 Å². The molecule has 2 heterocycles. The first-order valence-corrected chi connectivity index (χ1v) is 8.13. The number of carbonyl (C=O) groups excluding carboxylic acids is 1. The number of aryl methyl sites for hydroxylation is 1. The van der Waals surface area contributed by atoms with E-state index < -0.39 is 0 Å². The highest BCUT2D eigenvalue weighted by Gasteiger charge is 2.09. The average molecular weight is 326 g/mol. The molecular formula is C18H22N4O2. The molecular weight excluding hydrogens is 304 g/mol. The normalized spacial score (nSPS) is 11.1. The van der Waals surface area contributed by atoms with Gasteiger partial charge in [-0.05, 0) is 30.5 Å². The zero-order valence-electron chi connectivity index (χ0n) is 14.0. The number of ether oxygens (including phenoxy) is 1. The summed E-state index contributed by atoms with van der Waals surface area (Å²) in [7, 11) is 0. The van der Waals surface area contributed by atoms with Crippen LogP contribution in [0.3, 0.4) is 0 Å². The van der Waals surface area contributed by atoms with Crippen molar-refractivity contribution in [2.24, 2.45) is 5.92 Å². The molecule has 0 atom stereocenters. The molecule has 2 N–H and O–H groups in total. The van der Waals surface area contributed by atoms with Crippen molar-refractivity contribution in [1.29, 1.82) is 0 Å². The highest BCUT2D eigenvalue weighted by atomic mass is 16.5. The fourth-order valence-corrected chi connectivity index (χ4v) is 2.57. The molecule has 0 unspecified atom stereocenters. The Morgan fingerprint density at radius 3 is 2.96 bits per heavy atom. The van der Waals surface area contributed by atoms with Crippen LogP contribution in [-0.2, 0) is 11.3 Å². The summed E-state index contributed by atoms with van der Waals surface area (Å²) in [5.74, 6) is 1.71. The summed E-state index contributed by atoms with van der Waals surface area (Å²) in [6, 6.07) is 9.65. The molecule has 0 bridgehead atoms. The van der Waals surface area contributed by atoms with Crippen molar-refractivity contribution < 1.29 is 9.53 Å². The SMILES string of the molecule is CC(C)CCn1ccc2c(OCC(=O)Nc3ccn[nH]3)cccc21. The number of nitrogens with one attached hydrogen (secondary N) is 2. The number of rotatable bonds is 7. The summed E-state index contributed by atoms with van der Waals surface area (Å²) in [5.41, 5.74) is 1.13. The number of H-pyrrole nitrogens is 1. The van der Waals surface area contributed by atoms with Crippen molar-refractivity contribution in [1.82, 2.24) is 14.8 Å². The molecule has 2 aromatic heterocycles. The topological polar surface area (TPSA) is 71.9 Å². The standard InChI is InChI=1S/C18H22N4O2/c1-13(2)7-10-22-11-8-14-15(22)4-3-5-16(14)24-12-18(23)20-17-6-9-19-21-17/h3-6,8-9,11,13H,7,10,12H2,1-2H3,(H2,19,20,21,23). The Kier molecular flexibility index (Phi) is 4.84. The summed E-state index contributed by atoms with van der Waals surface area (Å²) in [4.78, 5) is 11.9. The monoisotopic (exact) mass is 326 g/mol. The first-order chi connectivity index (χ1) is 11.6. The van der Waals surface area contributed by atoms with Crippen LogP contribution < -0.4 is 10.1 Å². The lowest BCUT2D eigenvalue weighted by Gasteiger charge is -2.10. The third kappa shape index (κ3) is 3.76. The summed E-state index contributed by atoms with van der Waals surface area (Å²) < 4.78 is 7.94. The van der Waals surface area contributed by atoms with E-state index in [1.54, 1.807) is 12.3 Å². The molecule has 0 radical (unpaired) electrons. The first-order valence-electron chi connectivity index (χ1n) is 8.13. The van der Waals surface area contributed by atoms with Crippen molar-refractivity contribution >= 4 is 22.6 Å². The third-order valence-electron chi connectivity index (χ3n) is 3.85. The number of benzene rings is 1. The van der Waals surface area contributed by atoms with E-state index in [4.69, 9.17) is 4.74 Å². The molecule has 0 fully saturated rings. The summed E-state index contributed by atoms with van der Waals surface area (Å²) in [5, 5.41) is 10.2. The van der Waals surface area contributed by atoms with Gasteiger partial charge in [0.15, 0.2) is 6.61 Å². The summed E-state index contributed by atoms with van der Waals surface area (Å²) >= 11 is 0. The van der Waals surface area contributed by atoms with Crippen LogP contribution in [0.5, 0.6) is 5.75 Å². The number of amides is 1. The second-order valence-electron chi connectivity index (χ2n) is 6.19. The number of carbonyl (C=O) groups is 1. The van der Waals surface area contributed by atoms with E-state index in [0.29, 0.717) is 11.7 Å². The summed E-state index contributed by atoms with van der Waals surface area (Å²) in [6.45, 7) is 5.37. The molecule has 0 saturated carbocycles. The second-order valence-corrected chi connectivity index (χ2v) is 6.19. The van der Waals surface area contributed by atoms with Gasteiger partial charge in [-0.25, -0.2) is 0 Å². The van der Waals surface area contributed by atoms with Crippen molar-refractivity contribution in [2.45, 2.75) is 26.8 Å². The highest BCUT2D eigenvalue weighted by molar-refractivity contribution is 5.91. The van der Waals surface area contributed by atoms with Gasteiger partial charge < -0.3 is 14.6 Å². The molecule has 0 aliphatic heterocycles. The molecule has 6 nitrogen and oxygen atoms in total. The minimum atomic E-state index is -0.226. The molecule has 0 aliphatic carbocycles. The zero-order valence-corrected chi connectivity index (χ0v) is 14.0. The second kappa shape index (κ2) is 7.21. The molecule has 3 rings (SSSR count). The van der Waals surface area contributed by atoms with E-state index in [1.165, 1.54) is 0 Å². The Bertz CT molecular complexity index is 806. The molecule has 0 spiro atoms. The van der Waals surface area contributed by atoms with Gasteiger partial charge in [0.2, 0.25) is 0 Å². The highest BCUT2D eigenvalue weighted by Crippen LogP contribution is 2.27. The lowest BCUT2D eigenvalue weighted by atomic mass is 10.1. The maximum atomic E-state index is 11.9. The van der Waals surface area contributed by atoms with Crippen LogP contribution in [-0.4, -0.2) is 27.3 Å². The van der Waals surface area contributed by atoms with E-state index in [0.717, 1.165) is 29.6 Å². The van der Waals surface area contributed by atoms with Gasteiger partial charge in [-0.2, -0.15) is 5.10 Å². The maximum Gasteiger partial charge on any atom is 0.263 e. The average Bonchev–Trinajstić information content (AvgIpc) is 3.20. The number of anilines is 1. The van der Waals surface area contributed by atoms with Crippen LogP contribution >= 0.6 is 0 Å². The lowest BCUT2D eigenvalue weighted by molar-refractivity contribution is -0.118. The van der Waals surface area contributed by atoms with Gasteiger partial charge in [-0.3, -0.25) is 9.89 Å². The molecule has 24 heavy (non-hydrogen) atoms. The fourth-order valence-electron chi connectivity index (χ4n) is 2.57. The molecule has 6 heteroatoms. The molecule has 0 saturated heterocycles. The van der Waals surface area contributed by atoms with Gasteiger partial charge >= 0.3 is 0 Å². The molecule has 1 aromatic carbocycles. The Hall–Kier alpha value is -2.76. The number of aromatic nitrogens is 3. The van der Waals surface area contributed by atoms with E-state index in [9.17, 15) is 4.79 Å². The van der Waals surface area contributed by atoms with E-state index >= 15 is 0 Å². The van der Waals surface area contributed by atoms with E-state index in [-0.39, 0.29) is 12.5 Å². The Morgan fingerprint density at radius 2 is 2.21 bits per heavy atom. The van der Waals surface area contributed by atoms with Gasteiger partial charge in [0.1, 0.15) is 11.6 Å². The van der Waals surface area contributed by atoms with Crippen LogP contribution in [0.1, 0.15) is 20.3 Å². The van der Waals surface area contributed by atoms with Crippen LogP contribution in [0.4, 0.5) is 5.82 Å². The van der Waals surface area contributed by atoms with Gasteiger partial charge in [-0.1, -0.05) is 19.9 Å². The number of hydrogen-bond donors (Lipinski definition) is 2. The summed E-state index contributed by atoms with van der Waals surface area (Å²) in [6.07, 6.45) is 4.78. The van der Waals surface area contributed by atoms with Crippen LogP contribution in [0.2, 0.25) is 0 Å². The Labute approximate surface area is 140 Å². The maximum absolute atomic E-state index is 11.9. The molecule has 3 aromatic rings. The Balaban J connectivity index is 1.67. The Morgan fingerprint density at radius 1 is 1.33 bits per heavy atom. The van der Waals surface area contributed by atoms with E-state index in [2.05, 4.69) is 46.2 Å². The van der Waals surface area contributed by atoms with Crippen molar-refractivity contribution in [3.8, 4) is 5.75 Å². The van der Waals surface area contributed by atoms with Gasteiger partial charge in [0.05, 0.1) is 11.7 Å². The van der Waals surface area contributed by atoms with Crippen molar-refractivity contribution in [2.75, 3.05) is 11.9 Å². The predicted octanol–water partition coefficient (Wildman–Crippen LogP) is 3.43. The largest absolute Gasteiger partial charge is 0.483 e. The molecule has 0 aliphatic rings.